The summed E-state index contributed by atoms with van der Waals surface area (Å²) in [6.45, 7) is 2.35. The van der Waals surface area contributed by atoms with Gasteiger partial charge in [0.1, 0.15) is 12.4 Å². The third-order valence-electron chi connectivity index (χ3n) is 2.35. The summed E-state index contributed by atoms with van der Waals surface area (Å²) in [4.78, 5) is 4.17. The molecule has 0 bridgehead atoms. The number of ether oxygens (including phenoxy) is 1. The standard InChI is InChI=1S/C13H13ClN2O/c1-9-6-11(15)2-3-13(9)17-8-12-7-10(14)4-5-16-12/h2-7H,8,15H2,1H3. The van der Waals surface area contributed by atoms with Gasteiger partial charge >= 0.3 is 0 Å². The number of aryl methyl sites for hydroxylation is 1. The second-order valence-electron chi connectivity index (χ2n) is 3.78. The van der Waals surface area contributed by atoms with Gasteiger partial charge in [0, 0.05) is 16.9 Å². The number of nitrogens with two attached hydrogens (primary N) is 1. The van der Waals surface area contributed by atoms with E-state index in [0.29, 0.717) is 11.6 Å². The Morgan fingerprint density at radius 3 is 2.82 bits per heavy atom. The summed E-state index contributed by atoms with van der Waals surface area (Å²) in [6.07, 6.45) is 1.66. The molecule has 0 unspecified atom stereocenters. The molecular weight excluding hydrogens is 236 g/mol. The number of benzene rings is 1. The fourth-order valence-electron chi connectivity index (χ4n) is 1.51. The van der Waals surface area contributed by atoms with Gasteiger partial charge in [-0.2, -0.15) is 0 Å². The lowest BCUT2D eigenvalue weighted by Gasteiger charge is -2.09. The molecule has 2 aromatic rings. The molecule has 1 aromatic carbocycles. The molecule has 0 aliphatic carbocycles. The number of anilines is 1. The van der Waals surface area contributed by atoms with Crippen molar-refractivity contribution in [2.45, 2.75) is 13.5 Å². The molecule has 0 atom stereocenters. The first-order valence-electron chi connectivity index (χ1n) is 5.24. The average Bonchev–Trinajstić information content (AvgIpc) is 2.28. The maximum absolute atomic E-state index is 5.87. The lowest BCUT2D eigenvalue weighted by atomic mass is 10.2. The first-order valence-corrected chi connectivity index (χ1v) is 5.62. The summed E-state index contributed by atoms with van der Waals surface area (Å²) in [6, 6.07) is 9.07. The molecule has 0 aliphatic heterocycles. The Kier molecular flexibility index (Phi) is 3.49. The second-order valence-corrected chi connectivity index (χ2v) is 4.22. The van der Waals surface area contributed by atoms with Crippen LogP contribution in [0.15, 0.2) is 36.5 Å². The number of aromatic nitrogens is 1. The van der Waals surface area contributed by atoms with E-state index in [0.717, 1.165) is 22.7 Å². The summed E-state index contributed by atoms with van der Waals surface area (Å²) < 4.78 is 5.66. The van der Waals surface area contributed by atoms with Gasteiger partial charge in [0.2, 0.25) is 0 Å². The molecule has 0 spiro atoms. The van der Waals surface area contributed by atoms with Gasteiger partial charge in [0.25, 0.3) is 0 Å². The number of halogens is 1. The van der Waals surface area contributed by atoms with Crippen molar-refractivity contribution in [1.82, 2.24) is 4.98 Å². The lowest BCUT2D eigenvalue weighted by molar-refractivity contribution is 0.299. The van der Waals surface area contributed by atoms with Crippen molar-refractivity contribution in [2.75, 3.05) is 5.73 Å². The van der Waals surface area contributed by atoms with Crippen molar-refractivity contribution >= 4 is 17.3 Å². The molecule has 88 valence electrons. The van der Waals surface area contributed by atoms with Crippen LogP contribution in [0.5, 0.6) is 5.75 Å². The quantitative estimate of drug-likeness (QED) is 0.849. The molecular formula is C13H13ClN2O. The number of nitrogens with zero attached hydrogens (tertiary/aromatic N) is 1. The zero-order valence-corrected chi connectivity index (χ0v) is 10.2. The first kappa shape index (κ1) is 11.7. The molecule has 0 amide bonds. The number of hydrogen-bond donors (Lipinski definition) is 1. The van der Waals surface area contributed by atoms with Crippen molar-refractivity contribution in [3.05, 3.63) is 52.8 Å². The maximum Gasteiger partial charge on any atom is 0.130 e. The smallest absolute Gasteiger partial charge is 0.130 e. The predicted molar refractivity (Wildman–Crippen MR) is 69.2 cm³/mol. The number of rotatable bonds is 3. The molecule has 17 heavy (non-hydrogen) atoms. The summed E-state index contributed by atoms with van der Waals surface area (Å²) in [7, 11) is 0. The lowest BCUT2D eigenvalue weighted by Crippen LogP contribution is -1.99. The Balaban J connectivity index is 2.07. The van der Waals surface area contributed by atoms with Crippen LogP contribution in [0.2, 0.25) is 5.02 Å². The molecule has 2 rings (SSSR count). The molecule has 1 heterocycles. The van der Waals surface area contributed by atoms with E-state index in [4.69, 9.17) is 22.1 Å². The van der Waals surface area contributed by atoms with Crippen LogP contribution in [0, 0.1) is 6.92 Å². The third kappa shape index (κ3) is 3.11. The fraction of sp³-hybridized carbons (Fsp3) is 0.154. The van der Waals surface area contributed by atoms with Gasteiger partial charge in [0.05, 0.1) is 5.69 Å². The Bertz CT molecular complexity index is 529. The zero-order valence-electron chi connectivity index (χ0n) is 9.48. The van der Waals surface area contributed by atoms with E-state index in [9.17, 15) is 0 Å². The maximum atomic E-state index is 5.87. The number of hydrogen-bond acceptors (Lipinski definition) is 3. The van der Waals surface area contributed by atoms with Gasteiger partial charge in [0.15, 0.2) is 0 Å². The predicted octanol–water partition coefficient (Wildman–Crippen LogP) is 3.20. The van der Waals surface area contributed by atoms with Crippen LogP contribution >= 0.6 is 11.6 Å². The molecule has 0 radical (unpaired) electrons. The molecule has 0 saturated carbocycles. The highest BCUT2D eigenvalue weighted by atomic mass is 35.5. The minimum atomic E-state index is 0.394. The Morgan fingerprint density at radius 1 is 1.29 bits per heavy atom. The van der Waals surface area contributed by atoms with Crippen LogP contribution in [0.4, 0.5) is 5.69 Å². The average molecular weight is 249 g/mol. The number of nitrogen functional groups attached to an aromatic ring is 1. The van der Waals surface area contributed by atoms with Crippen LogP contribution in [-0.4, -0.2) is 4.98 Å². The van der Waals surface area contributed by atoms with Crippen LogP contribution in [-0.2, 0) is 6.61 Å². The van der Waals surface area contributed by atoms with E-state index < -0.39 is 0 Å². The van der Waals surface area contributed by atoms with Gasteiger partial charge in [-0.25, -0.2) is 0 Å². The Labute approximate surface area is 105 Å². The van der Waals surface area contributed by atoms with Crippen LogP contribution in [0.25, 0.3) is 0 Å². The summed E-state index contributed by atoms with van der Waals surface area (Å²) in [5.74, 6) is 0.806. The second kappa shape index (κ2) is 5.06. The molecule has 0 saturated heterocycles. The number of pyridine rings is 1. The summed E-state index contributed by atoms with van der Waals surface area (Å²) in [5, 5.41) is 0.660. The highest BCUT2D eigenvalue weighted by Gasteiger charge is 2.01. The summed E-state index contributed by atoms with van der Waals surface area (Å²) >= 11 is 5.87. The third-order valence-corrected chi connectivity index (χ3v) is 2.59. The minimum Gasteiger partial charge on any atom is -0.487 e. The van der Waals surface area contributed by atoms with Gasteiger partial charge in [-0.3, -0.25) is 4.98 Å². The topological polar surface area (TPSA) is 48.1 Å². The van der Waals surface area contributed by atoms with E-state index in [2.05, 4.69) is 4.98 Å². The monoisotopic (exact) mass is 248 g/mol. The summed E-state index contributed by atoms with van der Waals surface area (Å²) in [5.41, 5.74) is 8.21. The normalized spacial score (nSPS) is 10.2. The molecule has 0 aliphatic rings. The van der Waals surface area contributed by atoms with Crippen LogP contribution < -0.4 is 10.5 Å². The van der Waals surface area contributed by atoms with Gasteiger partial charge in [-0.1, -0.05) is 11.6 Å². The van der Waals surface area contributed by atoms with Crippen molar-refractivity contribution in [3.63, 3.8) is 0 Å². The SMILES string of the molecule is Cc1cc(N)ccc1OCc1cc(Cl)ccn1. The largest absolute Gasteiger partial charge is 0.487 e. The van der Waals surface area contributed by atoms with Crippen LogP contribution in [0.3, 0.4) is 0 Å². The van der Waals surface area contributed by atoms with E-state index in [-0.39, 0.29) is 0 Å². The van der Waals surface area contributed by atoms with E-state index in [1.807, 2.05) is 25.1 Å². The molecule has 3 nitrogen and oxygen atoms in total. The van der Waals surface area contributed by atoms with Crippen molar-refractivity contribution in [2.24, 2.45) is 0 Å². The Morgan fingerprint density at radius 2 is 2.12 bits per heavy atom. The van der Waals surface area contributed by atoms with Gasteiger partial charge in [-0.05, 0) is 42.8 Å². The molecule has 4 heteroatoms. The van der Waals surface area contributed by atoms with Crippen molar-refractivity contribution in [3.8, 4) is 5.75 Å². The molecule has 2 N–H and O–H groups in total. The Hall–Kier alpha value is -1.74. The van der Waals surface area contributed by atoms with Crippen molar-refractivity contribution in [1.29, 1.82) is 0 Å². The highest BCUT2D eigenvalue weighted by Crippen LogP contribution is 2.21. The molecule has 1 aromatic heterocycles. The van der Waals surface area contributed by atoms with Gasteiger partial charge in [-0.15, -0.1) is 0 Å². The van der Waals surface area contributed by atoms with E-state index in [1.54, 1.807) is 18.3 Å². The van der Waals surface area contributed by atoms with Gasteiger partial charge < -0.3 is 10.5 Å². The van der Waals surface area contributed by atoms with E-state index >= 15 is 0 Å². The first-order chi connectivity index (χ1) is 8.15. The van der Waals surface area contributed by atoms with Crippen LogP contribution in [0.1, 0.15) is 11.3 Å². The van der Waals surface area contributed by atoms with Crippen molar-refractivity contribution < 1.29 is 4.74 Å². The molecule has 0 fully saturated rings. The minimum absolute atomic E-state index is 0.394. The fourth-order valence-corrected chi connectivity index (χ4v) is 1.70. The zero-order chi connectivity index (χ0) is 12.3. The highest BCUT2D eigenvalue weighted by molar-refractivity contribution is 6.30. The van der Waals surface area contributed by atoms with E-state index in [1.165, 1.54) is 0 Å².